The average molecular weight is 389 g/mol. The van der Waals surface area contributed by atoms with Gasteiger partial charge < -0.3 is 4.57 Å². The lowest BCUT2D eigenvalue weighted by Crippen LogP contribution is -2.23. The maximum atomic E-state index is 12.9. The second kappa shape index (κ2) is 7.29. The fourth-order valence-electron chi connectivity index (χ4n) is 2.68. The van der Waals surface area contributed by atoms with Crippen molar-refractivity contribution in [3.63, 3.8) is 0 Å². The molecule has 2 aromatic carbocycles. The number of hydrogen-bond acceptors (Lipinski definition) is 2. The number of nitrogens with zero attached hydrogens (tertiary/aromatic N) is 2. The van der Waals surface area contributed by atoms with Crippen molar-refractivity contribution in [3.05, 3.63) is 92.9 Å². The topological polar surface area (TPSA) is 45.8 Å². The molecule has 27 heavy (non-hydrogen) atoms. The number of pyridine rings is 1. The van der Waals surface area contributed by atoms with Gasteiger partial charge in [0.15, 0.2) is 0 Å². The van der Waals surface area contributed by atoms with Crippen LogP contribution in [0.2, 0.25) is 5.02 Å². The minimum Gasteiger partial charge on any atom is -0.309 e. The molecular formula is C20H12ClF3N2O. The molecule has 0 bridgehead atoms. The molecule has 1 heterocycles. The lowest BCUT2D eigenvalue weighted by molar-refractivity contribution is -0.137. The summed E-state index contributed by atoms with van der Waals surface area (Å²) in [6.07, 6.45) is -2.95. The molecule has 1 aromatic heterocycles. The number of alkyl halides is 3. The van der Waals surface area contributed by atoms with Gasteiger partial charge in [-0.1, -0.05) is 35.9 Å². The Morgan fingerprint density at radius 2 is 1.74 bits per heavy atom. The first-order valence-electron chi connectivity index (χ1n) is 7.84. The monoisotopic (exact) mass is 388 g/mol. The second-order valence-corrected chi connectivity index (χ2v) is 6.33. The Morgan fingerprint density at radius 3 is 2.37 bits per heavy atom. The van der Waals surface area contributed by atoms with E-state index in [0.717, 1.165) is 17.7 Å². The lowest BCUT2D eigenvalue weighted by Gasteiger charge is -2.12. The zero-order valence-corrected chi connectivity index (χ0v) is 14.6. The zero-order chi connectivity index (χ0) is 19.6. The molecule has 3 nitrogen and oxygen atoms in total. The van der Waals surface area contributed by atoms with E-state index in [2.05, 4.69) is 0 Å². The molecular weight excluding hydrogens is 377 g/mol. The van der Waals surface area contributed by atoms with Crippen molar-refractivity contribution in [2.75, 3.05) is 0 Å². The molecule has 3 aromatic rings. The van der Waals surface area contributed by atoms with Crippen LogP contribution in [-0.4, -0.2) is 4.57 Å². The van der Waals surface area contributed by atoms with Crippen LogP contribution < -0.4 is 5.56 Å². The first-order chi connectivity index (χ1) is 12.8. The number of benzene rings is 2. The van der Waals surface area contributed by atoms with Gasteiger partial charge in [-0.15, -0.1) is 0 Å². The van der Waals surface area contributed by atoms with Crippen LogP contribution in [0.5, 0.6) is 0 Å². The van der Waals surface area contributed by atoms with E-state index in [1.165, 1.54) is 29.0 Å². The summed E-state index contributed by atoms with van der Waals surface area (Å²) in [4.78, 5) is 12.4. The van der Waals surface area contributed by atoms with Gasteiger partial charge in [0.05, 0.1) is 12.1 Å². The Kier molecular flexibility index (Phi) is 5.06. The zero-order valence-electron chi connectivity index (χ0n) is 13.8. The van der Waals surface area contributed by atoms with E-state index < -0.39 is 17.3 Å². The van der Waals surface area contributed by atoms with Crippen LogP contribution in [0, 0.1) is 11.3 Å². The quantitative estimate of drug-likeness (QED) is 0.626. The fraction of sp³-hybridized carbons (Fsp3) is 0.100. The minimum absolute atomic E-state index is 0.0845. The average Bonchev–Trinajstić information content (AvgIpc) is 2.63. The molecule has 0 atom stereocenters. The van der Waals surface area contributed by atoms with Crippen molar-refractivity contribution in [1.29, 1.82) is 5.26 Å². The van der Waals surface area contributed by atoms with E-state index in [1.54, 1.807) is 24.3 Å². The molecule has 0 aliphatic heterocycles. The van der Waals surface area contributed by atoms with Crippen LogP contribution in [-0.2, 0) is 12.7 Å². The molecule has 0 saturated carbocycles. The van der Waals surface area contributed by atoms with Gasteiger partial charge >= 0.3 is 6.18 Å². The maximum absolute atomic E-state index is 12.9. The summed E-state index contributed by atoms with van der Waals surface area (Å²) in [5, 5.41) is 9.78. The SMILES string of the molecule is N#Cc1cc(-c2ccc(Cl)cc2)cn(Cc2cccc(C(F)(F)F)c2)c1=O. The molecule has 0 aliphatic carbocycles. The Bertz CT molecular complexity index is 1080. The van der Waals surface area contributed by atoms with E-state index in [1.807, 2.05) is 6.07 Å². The van der Waals surface area contributed by atoms with Gasteiger partial charge in [0.2, 0.25) is 0 Å². The molecule has 0 radical (unpaired) electrons. The lowest BCUT2D eigenvalue weighted by atomic mass is 10.1. The molecule has 7 heteroatoms. The Labute approximate surface area is 157 Å². The number of rotatable bonds is 3. The summed E-state index contributed by atoms with van der Waals surface area (Å²) in [6.45, 7) is -0.0845. The third-order valence-corrected chi connectivity index (χ3v) is 4.24. The molecule has 0 N–H and O–H groups in total. The largest absolute Gasteiger partial charge is 0.416 e. The van der Waals surface area contributed by atoms with Crippen molar-refractivity contribution in [2.24, 2.45) is 0 Å². The summed E-state index contributed by atoms with van der Waals surface area (Å²) >= 11 is 5.87. The van der Waals surface area contributed by atoms with Crippen LogP contribution in [0.25, 0.3) is 11.1 Å². The van der Waals surface area contributed by atoms with Crippen molar-refractivity contribution < 1.29 is 13.2 Å². The maximum Gasteiger partial charge on any atom is 0.416 e. The highest BCUT2D eigenvalue weighted by atomic mass is 35.5. The Hall–Kier alpha value is -3.04. The second-order valence-electron chi connectivity index (χ2n) is 5.89. The number of hydrogen-bond donors (Lipinski definition) is 0. The summed E-state index contributed by atoms with van der Waals surface area (Å²) in [5.41, 5.74) is 0.192. The van der Waals surface area contributed by atoms with Gasteiger partial charge in [-0.25, -0.2) is 0 Å². The van der Waals surface area contributed by atoms with Gasteiger partial charge in [0.25, 0.3) is 5.56 Å². The summed E-state index contributed by atoms with van der Waals surface area (Å²) in [6, 6.07) is 14.9. The molecule has 136 valence electrons. The first-order valence-corrected chi connectivity index (χ1v) is 8.22. The first kappa shape index (κ1) is 18.7. The standard InChI is InChI=1S/C20H12ClF3N2O/c21-18-6-4-14(5-7-18)16-9-15(10-25)19(27)26(12-16)11-13-2-1-3-17(8-13)20(22,23)24/h1-9,12H,11H2. The van der Waals surface area contributed by atoms with Crippen LogP contribution >= 0.6 is 11.6 Å². The molecule has 0 aliphatic rings. The van der Waals surface area contributed by atoms with Gasteiger partial charge in [-0.3, -0.25) is 4.79 Å². The highest BCUT2D eigenvalue weighted by molar-refractivity contribution is 6.30. The van der Waals surface area contributed by atoms with E-state index >= 15 is 0 Å². The minimum atomic E-state index is -4.47. The summed E-state index contributed by atoms with van der Waals surface area (Å²) < 4.78 is 39.9. The third-order valence-electron chi connectivity index (χ3n) is 3.99. The summed E-state index contributed by atoms with van der Waals surface area (Å²) in [5.74, 6) is 0. The van der Waals surface area contributed by atoms with Gasteiger partial charge in [-0.2, -0.15) is 18.4 Å². The predicted molar refractivity (Wildman–Crippen MR) is 96.4 cm³/mol. The highest BCUT2D eigenvalue weighted by Crippen LogP contribution is 2.29. The molecule has 0 amide bonds. The van der Waals surface area contributed by atoms with Crippen LogP contribution in [0.1, 0.15) is 16.7 Å². The van der Waals surface area contributed by atoms with Gasteiger partial charge in [-0.05, 0) is 47.0 Å². The van der Waals surface area contributed by atoms with Crippen molar-refractivity contribution >= 4 is 11.6 Å². The number of aromatic nitrogens is 1. The Balaban J connectivity index is 2.05. The highest BCUT2D eigenvalue weighted by Gasteiger charge is 2.30. The normalized spacial score (nSPS) is 11.2. The van der Waals surface area contributed by atoms with Crippen molar-refractivity contribution in [1.82, 2.24) is 4.57 Å². The fourth-order valence-corrected chi connectivity index (χ4v) is 2.80. The van der Waals surface area contributed by atoms with E-state index in [9.17, 15) is 23.2 Å². The number of nitriles is 1. The van der Waals surface area contributed by atoms with Gasteiger partial charge in [0.1, 0.15) is 11.6 Å². The van der Waals surface area contributed by atoms with Crippen LogP contribution in [0.4, 0.5) is 13.2 Å². The molecule has 0 saturated heterocycles. The predicted octanol–water partition coefficient (Wildman–Crippen LogP) is 5.11. The number of halogens is 4. The molecule has 3 rings (SSSR count). The van der Waals surface area contributed by atoms with E-state index in [-0.39, 0.29) is 12.1 Å². The third kappa shape index (κ3) is 4.21. The smallest absolute Gasteiger partial charge is 0.309 e. The van der Waals surface area contributed by atoms with E-state index in [4.69, 9.17) is 11.6 Å². The van der Waals surface area contributed by atoms with Crippen molar-refractivity contribution in [2.45, 2.75) is 12.7 Å². The molecule has 0 spiro atoms. The van der Waals surface area contributed by atoms with Crippen LogP contribution in [0.15, 0.2) is 65.6 Å². The van der Waals surface area contributed by atoms with Gasteiger partial charge in [0, 0.05) is 11.2 Å². The molecule has 0 fully saturated rings. The molecule has 0 unspecified atom stereocenters. The summed E-state index contributed by atoms with van der Waals surface area (Å²) in [7, 11) is 0. The van der Waals surface area contributed by atoms with Crippen LogP contribution in [0.3, 0.4) is 0 Å². The van der Waals surface area contributed by atoms with Crippen molar-refractivity contribution in [3.8, 4) is 17.2 Å². The Morgan fingerprint density at radius 1 is 1.04 bits per heavy atom. The van der Waals surface area contributed by atoms with E-state index in [0.29, 0.717) is 16.1 Å².